The number of benzene rings is 1. The van der Waals surface area contributed by atoms with Crippen LogP contribution in [0.4, 0.5) is 0 Å². The van der Waals surface area contributed by atoms with Gasteiger partial charge in [0.25, 0.3) is 0 Å². The van der Waals surface area contributed by atoms with Crippen LogP contribution >= 0.6 is 23.4 Å². The maximum atomic E-state index is 6.21. The molecule has 1 fully saturated rings. The first-order valence-corrected chi connectivity index (χ1v) is 9.58. The molecule has 1 saturated carbocycles. The van der Waals surface area contributed by atoms with Crippen molar-refractivity contribution in [3.63, 3.8) is 0 Å². The smallest absolute Gasteiger partial charge is 0.0410 e. The van der Waals surface area contributed by atoms with Gasteiger partial charge >= 0.3 is 0 Å². The van der Waals surface area contributed by atoms with E-state index in [9.17, 15) is 0 Å². The highest BCUT2D eigenvalue weighted by molar-refractivity contribution is 7.99. The third kappa shape index (κ3) is 3.97. The van der Waals surface area contributed by atoms with E-state index >= 15 is 0 Å². The van der Waals surface area contributed by atoms with Crippen molar-refractivity contribution in [3.8, 4) is 0 Å². The Morgan fingerprint density at radius 1 is 1.19 bits per heavy atom. The maximum absolute atomic E-state index is 6.21. The van der Waals surface area contributed by atoms with Crippen molar-refractivity contribution in [1.82, 2.24) is 5.32 Å². The van der Waals surface area contributed by atoms with Gasteiger partial charge in [0.05, 0.1) is 0 Å². The molecule has 0 amide bonds. The minimum Gasteiger partial charge on any atom is -0.307 e. The predicted molar refractivity (Wildman–Crippen MR) is 93.3 cm³/mol. The van der Waals surface area contributed by atoms with Crippen molar-refractivity contribution in [1.29, 1.82) is 0 Å². The highest BCUT2D eigenvalue weighted by atomic mass is 35.5. The second kappa shape index (κ2) is 6.52. The Labute approximate surface area is 138 Å². The summed E-state index contributed by atoms with van der Waals surface area (Å²) in [5.41, 5.74) is 1.95. The highest BCUT2D eigenvalue weighted by Crippen LogP contribution is 2.39. The fourth-order valence-corrected chi connectivity index (χ4v) is 4.94. The van der Waals surface area contributed by atoms with Crippen molar-refractivity contribution in [2.75, 3.05) is 5.75 Å². The SMILES string of the molecule is CC1(C)CCCC(NC2CCSc3ccc(Cl)cc32)CC1. The molecule has 0 bridgehead atoms. The maximum Gasteiger partial charge on any atom is 0.0410 e. The largest absolute Gasteiger partial charge is 0.307 e. The summed E-state index contributed by atoms with van der Waals surface area (Å²) in [6.07, 6.45) is 7.92. The van der Waals surface area contributed by atoms with Crippen LogP contribution in [0.5, 0.6) is 0 Å². The van der Waals surface area contributed by atoms with Gasteiger partial charge in [0.2, 0.25) is 0 Å². The number of nitrogens with one attached hydrogen (secondary N) is 1. The summed E-state index contributed by atoms with van der Waals surface area (Å²) >= 11 is 8.18. The molecule has 3 heteroatoms. The summed E-state index contributed by atoms with van der Waals surface area (Å²) < 4.78 is 0. The predicted octanol–water partition coefficient (Wildman–Crippen LogP) is 5.83. The van der Waals surface area contributed by atoms with Crippen LogP contribution in [0.3, 0.4) is 0 Å². The summed E-state index contributed by atoms with van der Waals surface area (Å²) in [5, 5.41) is 4.81. The molecule has 2 unspecified atom stereocenters. The van der Waals surface area contributed by atoms with Gasteiger partial charge < -0.3 is 5.32 Å². The van der Waals surface area contributed by atoms with Crippen molar-refractivity contribution < 1.29 is 0 Å². The van der Waals surface area contributed by atoms with E-state index in [4.69, 9.17) is 11.6 Å². The summed E-state index contributed by atoms with van der Waals surface area (Å²) in [5.74, 6) is 1.21. The van der Waals surface area contributed by atoms with E-state index in [1.807, 2.05) is 17.8 Å². The van der Waals surface area contributed by atoms with Gasteiger partial charge in [-0.1, -0.05) is 31.9 Å². The Hall–Kier alpha value is -0.180. The lowest BCUT2D eigenvalue weighted by Gasteiger charge is -2.30. The van der Waals surface area contributed by atoms with Crippen molar-refractivity contribution >= 4 is 23.4 Å². The van der Waals surface area contributed by atoms with Crippen LogP contribution in [0.1, 0.15) is 64.0 Å². The normalized spacial score (nSPS) is 28.7. The molecule has 0 radical (unpaired) electrons. The minimum absolute atomic E-state index is 0.492. The average Bonchev–Trinajstić information content (AvgIpc) is 2.61. The first-order chi connectivity index (χ1) is 10.0. The second-order valence-electron chi connectivity index (χ2n) is 7.33. The van der Waals surface area contributed by atoms with E-state index < -0.39 is 0 Å². The van der Waals surface area contributed by atoms with Crippen LogP contribution in [0.15, 0.2) is 23.1 Å². The van der Waals surface area contributed by atoms with Gasteiger partial charge in [-0.3, -0.25) is 0 Å². The average molecular weight is 324 g/mol. The van der Waals surface area contributed by atoms with Gasteiger partial charge in [-0.2, -0.15) is 0 Å². The van der Waals surface area contributed by atoms with Gasteiger partial charge in [0.15, 0.2) is 0 Å². The Morgan fingerprint density at radius 3 is 2.90 bits per heavy atom. The van der Waals surface area contributed by atoms with Crippen molar-refractivity contribution in [3.05, 3.63) is 28.8 Å². The summed E-state index contributed by atoms with van der Waals surface area (Å²) in [6.45, 7) is 4.84. The zero-order chi connectivity index (χ0) is 14.9. The summed E-state index contributed by atoms with van der Waals surface area (Å²) in [7, 11) is 0. The molecule has 2 aliphatic rings. The fraction of sp³-hybridized carbons (Fsp3) is 0.667. The van der Waals surface area contributed by atoms with Crippen LogP contribution in [0.25, 0.3) is 0 Å². The molecule has 0 spiro atoms. The number of rotatable bonds is 2. The monoisotopic (exact) mass is 323 g/mol. The standard InChI is InChI=1S/C18H26ClNS/c1-18(2)9-3-4-14(7-10-18)20-16-8-11-21-17-6-5-13(19)12-15(16)17/h5-6,12,14,16,20H,3-4,7-11H2,1-2H3. The Kier molecular flexibility index (Phi) is 4.87. The molecule has 1 heterocycles. The van der Waals surface area contributed by atoms with Crippen molar-refractivity contribution in [2.24, 2.45) is 5.41 Å². The van der Waals surface area contributed by atoms with Crippen LogP contribution in [-0.2, 0) is 0 Å². The first kappa shape index (κ1) is 15.7. The van der Waals surface area contributed by atoms with E-state index in [1.54, 1.807) is 0 Å². The van der Waals surface area contributed by atoms with Crippen LogP contribution in [0, 0.1) is 5.41 Å². The van der Waals surface area contributed by atoms with Crippen LogP contribution in [0.2, 0.25) is 5.02 Å². The summed E-state index contributed by atoms with van der Waals surface area (Å²) in [6, 6.07) is 7.54. The minimum atomic E-state index is 0.492. The lowest BCUT2D eigenvalue weighted by atomic mass is 9.85. The quantitative estimate of drug-likeness (QED) is 0.688. The number of hydrogen-bond acceptors (Lipinski definition) is 2. The van der Waals surface area contributed by atoms with Gasteiger partial charge in [-0.15, -0.1) is 11.8 Å². The second-order valence-corrected chi connectivity index (χ2v) is 8.90. The number of fused-ring (bicyclic) bond motifs is 1. The van der Waals surface area contributed by atoms with E-state index in [0.29, 0.717) is 17.5 Å². The summed E-state index contributed by atoms with van der Waals surface area (Å²) in [4.78, 5) is 1.41. The Balaban J connectivity index is 1.70. The Bertz CT molecular complexity index is 500. The molecule has 0 aromatic heterocycles. The molecule has 1 aliphatic heterocycles. The first-order valence-electron chi connectivity index (χ1n) is 8.22. The van der Waals surface area contributed by atoms with Crippen LogP contribution in [-0.4, -0.2) is 11.8 Å². The van der Waals surface area contributed by atoms with Gasteiger partial charge in [-0.05, 0) is 67.0 Å². The third-order valence-electron chi connectivity index (χ3n) is 5.02. The number of thioether (sulfide) groups is 1. The molecule has 1 nitrogen and oxygen atoms in total. The third-order valence-corrected chi connectivity index (χ3v) is 6.38. The van der Waals surface area contributed by atoms with Crippen molar-refractivity contribution in [2.45, 2.75) is 69.4 Å². The number of hydrogen-bond donors (Lipinski definition) is 1. The molecular weight excluding hydrogens is 298 g/mol. The lowest BCUT2D eigenvalue weighted by molar-refractivity contribution is 0.306. The van der Waals surface area contributed by atoms with Crippen LogP contribution < -0.4 is 5.32 Å². The molecule has 1 aromatic carbocycles. The molecule has 1 aromatic rings. The molecule has 1 N–H and O–H groups in total. The Morgan fingerprint density at radius 2 is 2.05 bits per heavy atom. The van der Waals surface area contributed by atoms with Gasteiger partial charge in [0, 0.05) is 22.0 Å². The van der Waals surface area contributed by atoms with Gasteiger partial charge in [-0.25, -0.2) is 0 Å². The zero-order valence-corrected chi connectivity index (χ0v) is 14.7. The van der Waals surface area contributed by atoms with E-state index in [1.165, 1.54) is 54.7 Å². The topological polar surface area (TPSA) is 12.0 Å². The molecule has 2 atom stereocenters. The zero-order valence-electron chi connectivity index (χ0n) is 13.1. The van der Waals surface area contributed by atoms with E-state index in [-0.39, 0.29) is 0 Å². The van der Waals surface area contributed by atoms with E-state index in [2.05, 4.69) is 31.3 Å². The highest BCUT2D eigenvalue weighted by Gasteiger charge is 2.27. The van der Waals surface area contributed by atoms with Gasteiger partial charge in [0.1, 0.15) is 0 Å². The molecule has 3 rings (SSSR count). The lowest BCUT2D eigenvalue weighted by Crippen LogP contribution is -2.34. The number of halogens is 1. The molecule has 116 valence electrons. The molecule has 1 aliphatic carbocycles. The van der Waals surface area contributed by atoms with E-state index in [0.717, 1.165) is 5.02 Å². The fourth-order valence-electron chi connectivity index (χ4n) is 3.65. The molecule has 0 saturated heterocycles. The molecular formula is C18H26ClNS. The molecule has 21 heavy (non-hydrogen) atoms.